The van der Waals surface area contributed by atoms with Crippen molar-refractivity contribution >= 4 is 15.7 Å². The molecule has 0 amide bonds. The maximum Gasteiger partial charge on any atom is 0.262 e. The summed E-state index contributed by atoms with van der Waals surface area (Å²) in [4.78, 5) is 4.05. The second-order valence-corrected chi connectivity index (χ2v) is 6.50. The van der Waals surface area contributed by atoms with Gasteiger partial charge < -0.3 is 5.32 Å². The van der Waals surface area contributed by atoms with Gasteiger partial charge in [0.1, 0.15) is 0 Å². The molecule has 0 aliphatic carbocycles. The fraction of sp³-hybridized carbons (Fsp3) is 0.583. The van der Waals surface area contributed by atoms with Crippen LogP contribution in [0.1, 0.15) is 20.3 Å². The number of nitrogens with zero attached hydrogens (tertiary/aromatic N) is 2. The largest absolute Gasteiger partial charge is 0.383 e. The quantitative estimate of drug-likeness (QED) is 0.900. The van der Waals surface area contributed by atoms with Gasteiger partial charge in [-0.2, -0.15) is 4.31 Å². The van der Waals surface area contributed by atoms with Gasteiger partial charge in [-0.1, -0.05) is 6.92 Å². The normalized spacial score (nSPS) is 21.1. The third-order valence-electron chi connectivity index (χ3n) is 3.11. The Morgan fingerprint density at radius 2 is 2.33 bits per heavy atom. The Hall–Kier alpha value is -1.14. The first-order valence-corrected chi connectivity index (χ1v) is 7.68. The van der Waals surface area contributed by atoms with Gasteiger partial charge in [0.2, 0.25) is 0 Å². The van der Waals surface area contributed by atoms with E-state index < -0.39 is 10.0 Å². The van der Waals surface area contributed by atoms with Crippen LogP contribution in [0.4, 0.5) is 5.69 Å². The molecule has 1 unspecified atom stereocenters. The molecule has 1 aliphatic rings. The minimum Gasteiger partial charge on any atom is -0.383 e. The summed E-state index contributed by atoms with van der Waals surface area (Å²) in [5.41, 5.74) is 0.583. The summed E-state index contributed by atoms with van der Waals surface area (Å²) in [5, 5.41) is 3.19. The highest BCUT2D eigenvalue weighted by atomic mass is 32.2. The van der Waals surface area contributed by atoms with Gasteiger partial charge in [0.15, 0.2) is 5.03 Å². The SMILES string of the molecule is CCNc1cccnc1S(=O)(=O)N1CCC(C)C1. The summed E-state index contributed by atoms with van der Waals surface area (Å²) in [6, 6.07) is 3.49. The van der Waals surface area contributed by atoms with Crippen molar-refractivity contribution < 1.29 is 8.42 Å². The maximum absolute atomic E-state index is 12.5. The second-order valence-electron chi connectivity index (χ2n) is 4.64. The number of hydrogen-bond acceptors (Lipinski definition) is 4. The first kappa shape index (κ1) is 13.3. The van der Waals surface area contributed by atoms with Gasteiger partial charge in [0, 0.05) is 25.8 Å². The van der Waals surface area contributed by atoms with E-state index in [9.17, 15) is 8.42 Å². The lowest BCUT2D eigenvalue weighted by molar-refractivity contribution is 0.462. The molecule has 0 radical (unpaired) electrons. The summed E-state index contributed by atoms with van der Waals surface area (Å²) in [5.74, 6) is 0.422. The molecular weight excluding hydrogens is 250 g/mol. The highest BCUT2D eigenvalue weighted by Gasteiger charge is 2.33. The molecule has 1 aliphatic heterocycles. The van der Waals surface area contributed by atoms with E-state index in [1.165, 1.54) is 10.5 Å². The molecule has 0 spiro atoms. The van der Waals surface area contributed by atoms with Crippen LogP contribution in [-0.4, -0.2) is 37.3 Å². The molecule has 0 saturated carbocycles. The van der Waals surface area contributed by atoms with Crippen molar-refractivity contribution in [1.29, 1.82) is 0 Å². The summed E-state index contributed by atoms with van der Waals surface area (Å²) in [7, 11) is -3.46. The van der Waals surface area contributed by atoms with Gasteiger partial charge in [-0.05, 0) is 31.4 Å². The van der Waals surface area contributed by atoms with E-state index in [-0.39, 0.29) is 5.03 Å². The predicted octanol–water partition coefficient (Wildman–Crippen LogP) is 1.54. The molecular formula is C12H19N3O2S. The first-order valence-electron chi connectivity index (χ1n) is 6.24. The van der Waals surface area contributed by atoms with E-state index in [4.69, 9.17) is 0 Å². The van der Waals surface area contributed by atoms with E-state index in [0.717, 1.165) is 6.42 Å². The van der Waals surface area contributed by atoms with Crippen LogP contribution in [0.15, 0.2) is 23.4 Å². The Kier molecular flexibility index (Phi) is 3.87. The lowest BCUT2D eigenvalue weighted by atomic mass is 10.2. The predicted molar refractivity (Wildman–Crippen MR) is 70.9 cm³/mol. The second kappa shape index (κ2) is 5.24. The number of anilines is 1. The van der Waals surface area contributed by atoms with Crippen LogP contribution in [0.5, 0.6) is 0 Å². The molecule has 1 aromatic rings. The lowest BCUT2D eigenvalue weighted by Crippen LogP contribution is -2.30. The third-order valence-corrected chi connectivity index (χ3v) is 4.93. The zero-order chi connectivity index (χ0) is 13.2. The average Bonchev–Trinajstić information content (AvgIpc) is 2.78. The summed E-state index contributed by atoms with van der Waals surface area (Å²) >= 11 is 0. The number of aromatic nitrogens is 1. The average molecular weight is 269 g/mol. The van der Waals surface area contributed by atoms with Crippen LogP contribution in [0.2, 0.25) is 0 Å². The molecule has 100 valence electrons. The van der Waals surface area contributed by atoms with Crippen LogP contribution in [0, 0.1) is 5.92 Å². The van der Waals surface area contributed by atoms with Crippen molar-refractivity contribution in [2.45, 2.75) is 25.3 Å². The van der Waals surface area contributed by atoms with Crippen LogP contribution >= 0.6 is 0 Å². The molecule has 5 nitrogen and oxygen atoms in total. The maximum atomic E-state index is 12.5. The Labute approximate surface area is 108 Å². The van der Waals surface area contributed by atoms with E-state index in [0.29, 0.717) is 31.2 Å². The van der Waals surface area contributed by atoms with Gasteiger partial charge in [-0.25, -0.2) is 13.4 Å². The number of rotatable bonds is 4. The topological polar surface area (TPSA) is 62.3 Å². The lowest BCUT2D eigenvalue weighted by Gasteiger charge is -2.17. The zero-order valence-electron chi connectivity index (χ0n) is 10.8. The molecule has 1 saturated heterocycles. The van der Waals surface area contributed by atoms with Crippen LogP contribution in [0.3, 0.4) is 0 Å². The Morgan fingerprint density at radius 3 is 2.94 bits per heavy atom. The van der Waals surface area contributed by atoms with Gasteiger partial charge in [0.05, 0.1) is 5.69 Å². The molecule has 1 fully saturated rings. The van der Waals surface area contributed by atoms with Crippen molar-refractivity contribution in [3.8, 4) is 0 Å². The van der Waals surface area contributed by atoms with Gasteiger partial charge in [0.25, 0.3) is 10.0 Å². The number of hydrogen-bond donors (Lipinski definition) is 1. The van der Waals surface area contributed by atoms with Gasteiger partial charge in [-0.15, -0.1) is 0 Å². The highest BCUT2D eigenvalue weighted by Crippen LogP contribution is 2.26. The number of nitrogens with one attached hydrogen (secondary N) is 1. The van der Waals surface area contributed by atoms with Crippen LogP contribution < -0.4 is 5.32 Å². The molecule has 6 heteroatoms. The molecule has 1 N–H and O–H groups in total. The standard InChI is InChI=1S/C12H19N3O2S/c1-3-13-11-5-4-7-14-12(11)18(16,17)15-8-6-10(2)9-15/h4-5,7,10,13H,3,6,8-9H2,1-2H3. The third kappa shape index (κ3) is 2.49. The Balaban J connectivity index is 2.35. The van der Waals surface area contributed by atoms with Gasteiger partial charge >= 0.3 is 0 Å². The molecule has 2 heterocycles. The molecule has 1 aromatic heterocycles. The van der Waals surface area contributed by atoms with Crippen molar-refractivity contribution in [2.75, 3.05) is 25.0 Å². The van der Waals surface area contributed by atoms with E-state index in [1.807, 2.05) is 6.92 Å². The molecule has 0 bridgehead atoms. The first-order chi connectivity index (χ1) is 8.55. The fourth-order valence-corrected chi connectivity index (χ4v) is 3.81. The summed E-state index contributed by atoms with van der Waals surface area (Å²) in [6.45, 7) is 5.85. The summed E-state index contributed by atoms with van der Waals surface area (Å²) < 4.78 is 26.5. The van der Waals surface area contributed by atoms with Crippen molar-refractivity contribution in [1.82, 2.24) is 9.29 Å². The molecule has 2 rings (SSSR count). The van der Waals surface area contributed by atoms with E-state index in [2.05, 4.69) is 17.2 Å². The van der Waals surface area contributed by atoms with E-state index in [1.54, 1.807) is 12.1 Å². The summed E-state index contributed by atoms with van der Waals surface area (Å²) in [6.07, 6.45) is 2.44. The van der Waals surface area contributed by atoms with Crippen LogP contribution in [0.25, 0.3) is 0 Å². The van der Waals surface area contributed by atoms with Crippen molar-refractivity contribution in [2.24, 2.45) is 5.92 Å². The Bertz CT molecular complexity index is 516. The fourth-order valence-electron chi connectivity index (χ4n) is 2.16. The molecule has 18 heavy (non-hydrogen) atoms. The molecule has 1 atom stereocenters. The van der Waals surface area contributed by atoms with Gasteiger partial charge in [-0.3, -0.25) is 0 Å². The Morgan fingerprint density at radius 1 is 1.56 bits per heavy atom. The zero-order valence-corrected chi connectivity index (χ0v) is 11.6. The van der Waals surface area contributed by atoms with Crippen molar-refractivity contribution in [3.63, 3.8) is 0 Å². The van der Waals surface area contributed by atoms with E-state index >= 15 is 0 Å². The van der Waals surface area contributed by atoms with Crippen molar-refractivity contribution in [3.05, 3.63) is 18.3 Å². The number of sulfonamides is 1. The minimum atomic E-state index is -3.46. The molecule has 0 aromatic carbocycles. The smallest absolute Gasteiger partial charge is 0.262 e. The monoisotopic (exact) mass is 269 g/mol. The highest BCUT2D eigenvalue weighted by molar-refractivity contribution is 7.89. The number of pyridine rings is 1. The minimum absolute atomic E-state index is 0.140. The van der Waals surface area contributed by atoms with Crippen LogP contribution in [-0.2, 0) is 10.0 Å².